The van der Waals surface area contributed by atoms with Gasteiger partial charge >= 0.3 is 0 Å². The number of carbonyl (C=O) groups excluding carboxylic acids is 1. The summed E-state index contributed by atoms with van der Waals surface area (Å²) in [7, 11) is 0. The molecule has 104 valence electrons. The van der Waals surface area contributed by atoms with E-state index in [1.807, 2.05) is 6.92 Å². The maximum Gasteiger partial charge on any atom is 0.284 e. The lowest BCUT2D eigenvalue weighted by Gasteiger charge is -2.03. The minimum Gasteiger partial charge on any atom is -0.319 e. The Morgan fingerprint density at radius 3 is 2.90 bits per heavy atom. The maximum absolute atomic E-state index is 12.0. The lowest BCUT2D eigenvalue weighted by atomic mass is 10.2. The predicted molar refractivity (Wildman–Crippen MR) is 76.7 cm³/mol. The zero-order chi connectivity index (χ0) is 14.7. The van der Waals surface area contributed by atoms with E-state index in [1.165, 1.54) is 24.4 Å². The number of carbonyl (C=O) groups is 1. The summed E-state index contributed by atoms with van der Waals surface area (Å²) >= 11 is 3.07. The molecule has 0 bridgehead atoms. The molecular weight excluding hydrogens is 328 g/mol. The van der Waals surface area contributed by atoms with Gasteiger partial charge in [-0.3, -0.25) is 19.6 Å². The Hall–Kier alpha value is -2.22. The highest BCUT2D eigenvalue weighted by Gasteiger charge is 2.16. The van der Waals surface area contributed by atoms with Gasteiger partial charge in [0.15, 0.2) is 0 Å². The smallest absolute Gasteiger partial charge is 0.284 e. The standard InChI is InChI=1S/C12H11BrN4O3/c1-2-16-7-9(6-14-16)15-12(18)8-3-4-10(13)11(5-8)17(19)20/h3-7H,2H2,1H3,(H,15,18). The molecule has 1 heterocycles. The number of nitrogens with zero attached hydrogens (tertiary/aromatic N) is 3. The molecule has 0 radical (unpaired) electrons. The molecule has 2 aromatic rings. The van der Waals surface area contributed by atoms with Gasteiger partial charge < -0.3 is 5.32 Å². The van der Waals surface area contributed by atoms with Crippen LogP contribution in [0.5, 0.6) is 0 Å². The van der Waals surface area contributed by atoms with E-state index in [2.05, 4.69) is 26.3 Å². The summed E-state index contributed by atoms with van der Waals surface area (Å²) in [6.07, 6.45) is 3.21. The quantitative estimate of drug-likeness (QED) is 0.685. The molecular formula is C12H11BrN4O3. The summed E-state index contributed by atoms with van der Waals surface area (Å²) in [5.74, 6) is -0.420. The molecule has 0 saturated heterocycles. The van der Waals surface area contributed by atoms with Gasteiger partial charge in [-0.05, 0) is 35.0 Å². The second kappa shape index (κ2) is 5.83. The molecule has 0 aliphatic carbocycles. The van der Waals surface area contributed by atoms with Crippen molar-refractivity contribution >= 4 is 33.2 Å². The molecule has 1 amide bonds. The number of hydrogen-bond acceptors (Lipinski definition) is 4. The molecule has 7 nitrogen and oxygen atoms in total. The van der Waals surface area contributed by atoms with Crippen molar-refractivity contribution < 1.29 is 9.72 Å². The summed E-state index contributed by atoms with van der Waals surface area (Å²) < 4.78 is 2.00. The number of hydrogen-bond donors (Lipinski definition) is 1. The van der Waals surface area contributed by atoms with Crippen molar-refractivity contribution in [3.05, 3.63) is 50.7 Å². The fourth-order valence-corrected chi connectivity index (χ4v) is 1.99. The predicted octanol–water partition coefficient (Wildman–Crippen LogP) is 2.83. The van der Waals surface area contributed by atoms with Crippen molar-refractivity contribution in [1.82, 2.24) is 9.78 Å². The highest BCUT2D eigenvalue weighted by atomic mass is 79.9. The van der Waals surface area contributed by atoms with Crippen LogP contribution in [0.3, 0.4) is 0 Å². The molecule has 0 aliphatic rings. The number of halogens is 1. The monoisotopic (exact) mass is 338 g/mol. The van der Waals surface area contributed by atoms with Crippen molar-refractivity contribution in [2.24, 2.45) is 0 Å². The van der Waals surface area contributed by atoms with Crippen LogP contribution in [0.1, 0.15) is 17.3 Å². The van der Waals surface area contributed by atoms with Crippen molar-refractivity contribution in [2.45, 2.75) is 13.5 Å². The Kier molecular flexibility index (Phi) is 4.14. The number of aryl methyl sites for hydroxylation is 1. The lowest BCUT2D eigenvalue weighted by Crippen LogP contribution is -2.11. The second-order valence-electron chi connectivity index (χ2n) is 3.96. The molecule has 0 spiro atoms. The summed E-state index contributed by atoms with van der Waals surface area (Å²) in [6.45, 7) is 2.62. The zero-order valence-electron chi connectivity index (χ0n) is 10.5. The van der Waals surface area contributed by atoms with Gasteiger partial charge in [0.2, 0.25) is 0 Å². The van der Waals surface area contributed by atoms with E-state index in [0.717, 1.165) is 0 Å². The molecule has 8 heteroatoms. The number of anilines is 1. The van der Waals surface area contributed by atoms with Crippen molar-refractivity contribution in [3.8, 4) is 0 Å². The Balaban J connectivity index is 2.21. The van der Waals surface area contributed by atoms with Gasteiger partial charge in [0.25, 0.3) is 11.6 Å². The van der Waals surface area contributed by atoms with Crippen LogP contribution in [0.4, 0.5) is 11.4 Å². The Morgan fingerprint density at radius 2 is 2.30 bits per heavy atom. The first-order valence-electron chi connectivity index (χ1n) is 5.79. The average molecular weight is 339 g/mol. The molecule has 1 N–H and O–H groups in total. The van der Waals surface area contributed by atoms with E-state index in [9.17, 15) is 14.9 Å². The fraction of sp³-hybridized carbons (Fsp3) is 0.167. The van der Waals surface area contributed by atoms with Crippen LogP contribution in [0, 0.1) is 10.1 Å². The molecule has 1 aromatic heterocycles. The van der Waals surface area contributed by atoms with E-state index in [1.54, 1.807) is 10.9 Å². The van der Waals surface area contributed by atoms with Gasteiger partial charge in [0.05, 0.1) is 21.3 Å². The summed E-state index contributed by atoms with van der Waals surface area (Å²) in [5, 5.41) is 17.5. The topological polar surface area (TPSA) is 90.1 Å². The highest BCUT2D eigenvalue weighted by molar-refractivity contribution is 9.10. The van der Waals surface area contributed by atoms with Gasteiger partial charge in [-0.15, -0.1) is 0 Å². The van der Waals surface area contributed by atoms with Crippen LogP contribution in [0.15, 0.2) is 35.1 Å². The van der Waals surface area contributed by atoms with Crippen molar-refractivity contribution in [3.63, 3.8) is 0 Å². The van der Waals surface area contributed by atoms with E-state index in [0.29, 0.717) is 16.7 Å². The first-order chi connectivity index (χ1) is 9.51. The number of amides is 1. The van der Waals surface area contributed by atoms with Gasteiger partial charge in [-0.2, -0.15) is 5.10 Å². The fourth-order valence-electron chi connectivity index (χ4n) is 1.60. The molecule has 0 unspecified atom stereocenters. The molecule has 0 atom stereocenters. The van der Waals surface area contributed by atoms with E-state index in [-0.39, 0.29) is 11.3 Å². The van der Waals surface area contributed by atoms with Crippen molar-refractivity contribution in [1.29, 1.82) is 0 Å². The largest absolute Gasteiger partial charge is 0.319 e. The Labute approximate surface area is 122 Å². The molecule has 20 heavy (non-hydrogen) atoms. The summed E-state index contributed by atoms with van der Waals surface area (Å²) in [5.41, 5.74) is 0.605. The Morgan fingerprint density at radius 1 is 1.55 bits per heavy atom. The van der Waals surface area contributed by atoms with Crippen LogP contribution in [-0.2, 0) is 6.54 Å². The number of rotatable bonds is 4. The van der Waals surface area contributed by atoms with Gasteiger partial charge in [-0.25, -0.2) is 0 Å². The van der Waals surface area contributed by atoms with Gasteiger partial charge in [0, 0.05) is 24.4 Å². The third-order valence-corrected chi connectivity index (χ3v) is 3.29. The molecule has 2 rings (SSSR count). The van der Waals surface area contributed by atoms with E-state index >= 15 is 0 Å². The molecule has 0 saturated carbocycles. The SMILES string of the molecule is CCn1cc(NC(=O)c2ccc(Br)c([N+](=O)[O-])c2)cn1. The highest BCUT2D eigenvalue weighted by Crippen LogP contribution is 2.25. The van der Waals surface area contributed by atoms with Crippen LogP contribution in [0.25, 0.3) is 0 Å². The number of nitrogens with one attached hydrogen (secondary N) is 1. The van der Waals surface area contributed by atoms with Gasteiger partial charge in [0.1, 0.15) is 0 Å². The molecule has 0 aliphatic heterocycles. The average Bonchev–Trinajstić information content (AvgIpc) is 2.86. The first kappa shape index (κ1) is 14.2. The number of aromatic nitrogens is 2. The minimum atomic E-state index is -0.546. The van der Waals surface area contributed by atoms with Crippen LogP contribution in [0.2, 0.25) is 0 Å². The van der Waals surface area contributed by atoms with Crippen LogP contribution >= 0.6 is 15.9 Å². The van der Waals surface area contributed by atoms with Crippen LogP contribution in [-0.4, -0.2) is 20.6 Å². The third kappa shape index (κ3) is 3.02. The Bertz CT molecular complexity index is 668. The summed E-state index contributed by atoms with van der Waals surface area (Å²) in [6, 6.07) is 4.21. The van der Waals surface area contributed by atoms with Gasteiger partial charge in [-0.1, -0.05) is 0 Å². The van der Waals surface area contributed by atoms with Crippen LogP contribution < -0.4 is 5.32 Å². The molecule has 0 fully saturated rings. The molecule has 1 aromatic carbocycles. The lowest BCUT2D eigenvalue weighted by molar-refractivity contribution is -0.385. The normalized spacial score (nSPS) is 10.3. The number of nitro groups is 1. The second-order valence-corrected chi connectivity index (χ2v) is 4.82. The van der Waals surface area contributed by atoms with E-state index < -0.39 is 10.8 Å². The van der Waals surface area contributed by atoms with Crippen molar-refractivity contribution in [2.75, 3.05) is 5.32 Å². The minimum absolute atomic E-state index is 0.151. The first-order valence-corrected chi connectivity index (χ1v) is 6.58. The van der Waals surface area contributed by atoms with E-state index in [4.69, 9.17) is 0 Å². The third-order valence-electron chi connectivity index (χ3n) is 2.62. The summed E-state index contributed by atoms with van der Waals surface area (Å²) in [4.78, 5) is 22.3. The zero-order valence-corrected chi connectivity index (χ0v) is 12.1. The maximum atomic E-state index is 12.0. The number of benzene rings is 1. The number of nitro benzene ring substituents is 1.